The number of ether oxygens (including phenoxy) is 1. The third kappa shape index (κ3) is 4.90. The van der Waals surface area contributed by atoms with Gasteiger partial charge in [0.25, 0.3) is 5.91 Å². The van der Waals surface area contributed by atoms with Crippen molar-refractivity contribution in [3.8, 4) is 16.9 Å². The predicted molar refractivity (Wildman–Crippen MR) is 126 cm³/mol. The lowest BCUT2D eigenvalue weighted by molar-refractivity contribution is -0.133. The molecule has 2 heterocycles. The van der Waals surface area contributed by atoms with E-state index in [1.54, 1.807) is 24.3 Å². The van der Waals surface area contributed by atoms with E-state index >= 15 is 0 Å². The van der Waals surface area contributed by atoms with Gasteiger partial charge in [0.05, 0.1) is 4.88 Å². The molecule has 1 saturated heterocycles. The van der Waals surface area contributed by atoms with Gasteiger partial charge in [-0.25, -0.2) is 0 Å². The molecule has 0 radical (unpaired) electrons. The molecule has 2 aromatic carbocycles. The Bertz CT molecular complexity index is 1090. The number of rotatable bonds is 6. The number of benzene rings is 2. The van der Waals surface area contributed by atoms with Gasteiger partial charge in [0.15, 0.2) is 5.60 Å². The number of hydrogen-bond donors (Lipinski definition) is 4. The van der Waals surface area contributed by atoms with E-state index in [0.29, 0.717) is 42.4 Å². The standard InChI is InChI=1S/C23H23ClN4O2S/c24-17-4-6-19(7-5-17)30-23(8-10-27-11-9-23)22(29)28-18-3-1-2-15(12-18)16-13-20(21(25)26)31-14-16/h1-7,12-14,27H,8-11H2,(H3,25,26)(H,28,29). The third-order valence-corrected chi connectivity index (χ3v) is 6.49. The summed E-state index contributed by atoms with van der Waals surface area (Å²) in [4.78, 5) is 14.1. The minimum atomic E-state index is -0.959. The summed E-state index contributed by atoms with van der Waals surface area (Å²) in [5, 5.41) is 16.5. The Kier molecular flexibility index (Phi) is 6.27. The quantitative estimate of drug-likeness (QED) is 0.325. The smallest absolute Gasteiger partial charge is 0.268 e. The monoisotopic (exact) mass is 454 g/mol. The summed E-state index contributed by atoms with van der Waals surface area (Å²) in [6.07, 6.45) is 1.13. The maximum Gasteiger partial charge on any atom is 0.268 e. The van der Waals surface area contributed by atoms with Gasteiger partial charge in [0.2, 0.25) is 0 Å². The summed E-state index contributed by atoms with van der Waals surface area (Å²) in [7, 11) is 0. The topological polar surface area (TPSA) is 100 Å². The van der Waals surface area contributed by atoms with Gasteiger partial charge in [-0.3, -0.25) is 10.2 Å². The molecule has 5 N–H and O–H groups in total. The average molecular weight is 455 g/mol. The van der Waals surface area contributed by atoms with E-state index in [2.05, 4.69) is 10.6 Å². The van der Waals surface area contributed by atoms with E-state index in [-0.39, 0.29) is 11.7 Å². The maximum atomic E-state index is 13.4. The normalized spacial score (nSPS) is 15.3. The first-order valence-corrected chi connectivity index (χ1v) is 11.2. The summed E-state index contributed by atoms with van der Waals surface area (Å²) in [5.41, 5.74) is 7.21. The van der Waals surface area contributed by atoms with E-state index < -0.39 is 5.60 Å². The molecule has 1 amide bonds. The molecule has 6 nitrogen and oxygen atoms in total. The van der Waals surface area contributed by atoms with Crippen LogP contribution < -0.4 is 21.1 Å². The molecule has 3 aromatic rings. The van der Waals surface area contributed by atoms with Crippen molar-refractivity contribution in [3.63, 3.8) is 0 Å². The number of carbonyl (C=O) groups excluding carboxylic acids is 1. The summed E-state index contributed by atoms with van der Waals surface area (Å²) in [5.74, 6) is 0.494. The van der Waals surface area contributed by atoms with Crippen LogP contribution in [-0.2, 0) is 4.79 Å². The van der Waals surface area contributed by atoms with Gasteiger partial charge in [-0.15, -0.1) is 11.3 Å². The van der Waals surface area contributed by atoms with Crippen molar-refractivity contribution in [1.82, 2.24) is 5.32 Å². The number of thiophene rings is 1. The van der Waals surface area contributed by atoms with Crippen molar-refractivity contribution in [3.05, 3.63) is 69.9 Å². The maximum absolute atomic E-state index is 13.4. The van der Waals surface area contributed by atoms with Gasteiger partial charge >= 0.3 is 0 Å². The molecule has 0 spiro atoms. The number of nitrogen functional groups attached to an aromatic ring is 1. The minimum absolute atomic E-state index is 0.0490. The molecule has 0 atom stereocenters. The van der Waals surface area contributed by atoms with Crippen LogP contribution in [0.25, 0.3) is 11.1 Å². The van der Waals surface area contributed by atoms with Gasteiger partial charge in [0.1, 0.15) is 11.6 Å². The van der Waals surface area contributed by atoms with Crippen LogP contribution in [0.3, 0.4) is 0 Å². The van der Waals surface area contributed by atoms with Crippen molar-refractivity contribution in [2.24, 2.45) is 5.73 Å². The van der Waals surface area contributed by atoms with Gasteiger partial charge in [0, 0.05) is 23.6 Å². The van der Waals surface area contributed by atoms with Crippen molar-refractivity contribution in [2.45, 2.75) is 18.4 Å². The molecule has 4 rings (SSSR count). The van der Waals surface area contributed by atoms with Crippen LogP contribution in [0.4, 0.5) is 5.69 Å². The zero-order valence-corrected chi connectivity index (χ0v) is 18.4. The number of nitrogens with two attached hydrogens (primary N) is 1. The molecule has 0 bridgehead atoms. The van der Waals surface area contributed by atoms with Crippen LogP contribution in [0.1, 0.15) is 17.7 Å². The zero-order chi connectivity index (χ0) is 21.8. The Morgan fingerprint density at radius 3 is 2.55 bits per heavy atom. The van der Waals surface area contributed by atoms with Crippen LogP contribution in [-0.4, -0.2) is 30.4 Å². The van der Waals surface area contributed by atoms with Crippen molar-refractivity contribution in [1.29, 1.82) is 5.41 Å². The molecule has 1 aromatic heterocycles. The number of amides is 1. The lowest BCUT2D eigenvalue weighted by atomic mass is 9.90. The Labute approximate surface area is 189 Å². The molecule has 31 heavy (non-hydrogen) atoms. The average Bonchev–Trinajstić information content (AvgIpc) is 3.27. The molecule has 1 aliphatic heterocycles. The van der Waals surface area contributed by atoms with Gasteiger partial charge in [-0.05, 0) is 72.1 Å². The fourth-order valence-electron chi connectivity index (χ4n) is 3.58. The van der Waals surface area contributed by atoms with Crippen molar-refractivity contribution >= 4 is 40.4 Å². The number of nitrogens with one attached hydrogen (secondary N) is 3. The highest BCUT2D eigenvalue weighted by Crippen LogP contribution is 2.31. The van der Waals surface area contributed by atoms with E-state index in [1.165, 1.54) is 11.3 Å². The van der Waals surface area contributed by atoms with Crippen LogP contribution in [0.5, 0.6) is 5.75 Å². The molecule has 0 saturated carbocycles. The Morgan fingerprint density at radius 2 is 1.87 bits per heavy atom. The number of hydrogen-bond acceptors (Lipinski definition) is 5. The van der Waals surface area contributed by atoms with Crippen molar-refractivity contribution < 1.29 is 9.53 Å². The minimum Gasteiger partial charge on any atom is -0.477 e. The van der Waals surface area contributed by atoms with E-state index in [1.807, 2.05) is 35.7 Å². The summed E-state index contributed by atoms with van der Waals surface area (Å²) in [6.45, 7) is 1.40. The second-order valence-electron chi connectivity index (χ2n) is 7.45. The molecule has 1 fully saturated rings. The molecule has 0 aliphatic carbocycles. The van der Waals surface area contributed by atoms with Crippen LogP contribution in [0.15, 0.2) is 60.0 Å². The highest BCUT2D eigenvalue weighted by molar-refractivity contribution is 7.12. The fourth-order valence-corrected chi connectivity index (χ4v) is 4.49. The van der Waals surface area contributed by atoms with Crippen LogP contribution in [0.2, 0.25) is 5.02 Å². The number of halogens is 1. The predicted octanol–water partition coefficient (Wildman–Crippen LogP) is 4.49. The number of anilines is 1. The second kappa shape index (κ2) is 9.09. The van der Waals surface area contributed by atoms with Crippen molar-refractivity contribution in [2.75, 3.05) is 18.4 Å². The lowest BCUT2D eigenvalue weighted by Gasteiger charge is -2.36. The molecule has 160 valence electrons. The Hall–Kier alpha value is -2.87. The number of carbonyl (C=O) groups is 1. The molecular formula is C23H23ClN4O2S. The van der Waals surface area contributed by atoms with E-state index in [0.717, 1.165) is 16.0 Å². The first-order chi connectivity index (χ1) is 14.9. The Balaban J connectivity index is 1.55. The zero-order valence-electron chi connectivity index (χ0n) is 16.8. The molecular weight excluding hydrogens is 432 g/mol. The molecule has 8 heteroatoms. The highest BCUT2D eigenvalue weighted by atomic mass is 35.5. The summed E-state index contributed by atoms with van der Waals surface area (Å²) < 4.78 is 6.23. The first-order valence-electron chi connectivity index (χ1n) is 9.95. The van der Waals surface area contributed by atoms with Crippen LogP contribution >= 0.6 is 22.9 Å². The molecule has 1 aliphatic rings. The highest BCUT2D eigenvalue weighted by Gasteiger charge is 2.42. The molecule has 0 unspecified atom stereocenters. The largest absolute Gasteiger partial charge is 0.477 e. The Morgan fingerprint density at radius 1 is 1.13 bits per heavy atom. The van der Waals surface area contributed by atoms with Gasteiger partial charge in [-0.1, -0.05) is 23.7 Å². The SMILES string of the molecule is N=C(N)c1cc(-c2cccc(NC(=O)C3(Oc4ccc(Cl)cc4)CCNCC3)c2)cs1. The third-order valence-electron chi connectivity index (χ3n) is 5.27. The number of amidine groups is 1. The van der Waals surface area contributed by atoms with Gasteiger partial charge < -0.3 is 21.1 Å². The fraction of sp³-hybridized carbons (Fsp3) is 0.217. The first kappa shape index (κ1) is 21.4. The van der Waals surface area contributed by atoms with Crippen LogP contribution in [0, 0.1) is 5.41 Å². The summed E-state index contributed by atoms with van der Waals surface area (Å²) in [6, 6.07) is 16.6. The second-order valence-corrected chi connectivity index (χ2v) is 8.80. The van der Waals surface area contributed by atoms with E-state index in [9.17, 15) is 4.79 Å². The number of piperidine rings is 1. The summed E-state index contributed by atoms with van der Waals surface area (Å²) >= 11 is 7.40. The van der Waals surface area contributed by atoms with E-state index in [4.69, 9.17) is 27.5 Å². The van der Waals surface area contributed by atoms with Gasteiger partial charge in [-0.2, -0.15) is 0 Å². The lowest BCUT2D eigenvalue weighted by Crippen LogP contribution is -2.54.